The van der Waals surface area contributed by atoms with E-state index in [1.807, 2.05) is 0 Å². The monoisotopic (exact) mass is 460 g/mol. The highest BCUT2D eigenvalue weighted by atomic mass is 16.7. The van der Waals surface area contributed by atoms with Crippen LogP contribution in [0.2, 0.25) is 0 Å². The first-order chi connectivity index (χ1) is 15.7. The highest BCUT2D eigenvalue weighted by Gasteiger charge is 2.45. The average molecular weight is 460 g/mol. The molecule has 10 nitrogen and oxygen atoms in total. The maximum absolute atomic E-state index is 13.4. The summed E-state index contributed by atoms with van der Waals surface area (Å²) in [7, 11) is 2.79. The van der Waals surface area contributed by atoms with Gasteiger partial charge >= 0.3 is 0 Å². The second-order valence-electron chi connectivity index (χ2n) is 7.86. The molecule has 0 saturated carbocycles. The molecule has 2 aliphatic rings. The van der Waals surface area contributed by atoms with Crippen molar-refractivity contribution >= 4 is 11.6 Å². The van der Waals surface area contributed by atoms with Crippen molar-refractivity contribution in [1.82, 2.24) is 0 Å². The summed E-state index contributed by atoms with van der Waals surface area (Å²) in [6, 6.07) is 5.91. The highest BCUT2D eigenvalue weighted by Crippen LogP contribution is 2.41. The molecule has 0 spiro atoms. The summed E-state index contributed by atoms with van der Waals surface area (Å²) >= 11 is 0. The van der Waals surface area contributed by atoms with Crippen LogP contribution in [0.1, 0.15) is 37.4 Å². The highest BCUT2D eigenvalue weighted by molar-refractivity contribution is 6.29. The summed E-state index contributed by atoms with van der Waals surface area (Å²) in [5.74, 6) is -0.302. The fourth-order valence-electron chi connectivity index (χ4n) is 4.10. The zero-order valence-electron chi connectivity index (χ0n) is 18.1. The van der Waals surface area contributed by atoms with Crippen molar-refractivity contribution in [2.45, 2.75) is 37.6 Å². The minimum absolute atomic E-state index is 0.0595. The molecule has 33 heavy (non-hydrogen) atoms. The zero-order chi connectivity index (χ0) is 24.0. The Bertz CT molecular complexity index is 1110. The fourth-order valence-corrected chi connectivity index (χ4v) is 4.10. The zero-order valence-corrected chi connectivity index (χ0v) is 18.1. The van der Waals surface area contributed by atoms with Crippen molar-refractivity contribution in [2.24, 2.45) is 0 Å². The first-order valence-electron chi connectivity index (χ1n) is 10.2. The molecule has 4 N–H and O–H groups in total. The Morgan fingerprint density at radius 3 is 2.21 bits per heavy atom. The molecule has 0 aromatic heterocycles. The van der Waals surface area contributed by atoms with Gasteiger partial charge in [-0.25, -0.2) is 0 Å². The number of hydrogen-bond acceptors (Lipinski definition) is 10. The van der Waals surface area contributed by atoms with Crippen LogP contribution < -0.4 is 14.2 Å². The van der Waals surface area contributed by atoms with Crippen LogP contribution in [0.4, 0.5) is 0 Å². The maximum atomic E-state index is 13.4. The van der Waals surface area contributed by atoms with Gasteiger partial charge in [0.2, 0.25) is 6.29 Å². The predicted octanol–water partition coefficient (Wildman–Crippen LogP) is -0.0337. The van der Waals surface area contributed by atoms with E-state index in [1.165, 1.54) is 32.4 Å². The first kappa shape index (κ1) is 23.1. The SMILES string of the molecule is COc1ccc2c(c1OC)C(=O)c1cc(O[C@@H]3O[C@H](CO)[C@@H](O)[C@H](O)[C@H]3O)c(C)cc1C2=O. The van der Waals surface area contributed by atoms with E-state index in [-0.39, 0.29) is 39.5 Å². The summed E-state index contributed by atoms with van der Waals surface area (Å²) in [4.78, 5) is 26.5. The molecule has 176 valence electrons. The van der Waals surface area contributed by atoms with Crippen LogP contribution in [0.5, 0.6) is 17.2 Å². The molecule has 10 heteroatoms. The normalized spacial score (nSPS) is 26.5. The Labute approximate surface area is 188 Å². The molecule has 2 aromatic carbocycles. The number of methoxy groups -OCH3 is 2. The molecule has 0 unspecified atom stereocenters. The first-order valence-corrected chi connectivity index (χ1v) is 10.2. The molecule has 2 aromatic rings. The number of benzene rings is 2. The van der Waals surface area contributed by atoms with E-state index >= 15 is 0 Å². The molecule has 1 fully saturated rings. The molecule has 1 aliphatic carbocycles. The van der Waals surface area contributed by atoms with Crippen molar-refractivity contribution < 1.29 is 49.0 Å². The van der Waals surface area contributed by atoms with Crippen LogP contribution >= 0.6 is 0 Å². The van der Waals surface area contributed by atoms with E-state index in [9.17, 15) is 30.0 Å². The summed E-state index contributed by atoms with van der Waals surface area (Å²) in [6.45, 7) is 1.03. The minimum Gasteiger partial charge on any atom is -0.493 e. The van der Waals surface area contributed by atoms with Crippen LogP contribution in [-0.4, -0.2) is 83.5 Å². The van der Waals surface area contributed by atoms with Crippen molar-refractivity contribution in [1.29, 1.82) is 0 Å². The molecule has 0 radical (unpaired) electrons. The van der Waals surface area contributed by atoms with Crippen LogP contribution in [-0.2, 0) is 4.74 Å². The van der Waals surface area contributed by atoms with E-state index in [0.717, 1.165) is 0 Å². The predicted molar refractivity (Wildman–Crippen MR) is 112 cm³/mol. The van der Waals surface area contributed by atoms with Crippen LogP contribution in [0.25, 0.3) is 0 Å². The third-order valence-corrected chi connectivity index (χ3v) is 5.91. The van der Waals surface area contributed by atoms with E-state index in [4.69, 9.17) is 18.9 Å². The summed E-state index contributed by atoms with van der Waals surface area (Å²) in [5, 5.41) is 39.6. The van der Waals surface area contributed by atoms with Gasteiger partial charge in [-0.05, 0) is 36.8 Å². The van der Waals surface area contributed by atoms with Gasteiger partial charge in [0.05, 0.1) is 26.4 Å². The lowest BCUT2D eigenvalue weighted by Crippen LogP contribution is -2.60. The van der Waals surface area contributed by atoms with Gasteiger partial charge in [-0.3, -0.25) is 9.59 Å². The molecule has 1 saturated heterocycles. The summed E-state index contributed by atoms with van der Waals surface area (Å²) in [6.07, 6.45) is -7.37. The quantitative estimate of drug-likeness (QED) is 0.408. The topological polar surface area (TPSA) is 152 Å². The van der Waals surface area contributed by atoms with Crippen molar-refractivity contribution in [3.05, 3.63) is 52.1 Å². The third-order valence-electron chi connectivity index (χ3n) is 5.91. The van der Waals surface area contributed by atoms with E-state index in [2.05, 4.69) is 0 Å². The summed E-state index contributed by atoms with van der Waals surface area (Å²) in [5.41, 5.74) is 0.961. The molecule has 0 amide bonds. The number of ether oxygens (including phenoxy) is 4. The molecule has 4 rings (SSSR count). The Hall–Kier alpha value is -3.02. The number of aryl methyl sites for hydroxylation is 1. The Morgan fingerprint density at radius 1 is 0.879 bits per heavy atom. The smallest absolute Gasteiger partial charge is 0.229 e. The van der Waals surface area contributed by atoms with Gasteiger partial charge in [0.25, 0.3) is 0 Å². The lowest BCUT2D eigenvalue weighted by Gasteiger charge is -2.39. The molecule has 0 bridgehead atoms. The van der Waals surface area contributed by atoms with E-state index in [0.29, 0.717) is 11.3 Å². The third kappa shape index (κ3) is 3.65. The van der Waals surface area contributed by atoms with Gasteiger partial charge in [-0.1, -0.05) is 0 Å². The van der Waals surface area contributed by atoms with Gasteiger partial charge in [0.1, 0.15) is 30.2 Å². The Morgan fingerprint density at radius 2 is 1.58 bits per heavy atom. The van der Waals surface area contributed by atoms with Gasteiger partial charge in [-0.2, -0.15) is 0 Å². The molecule has 1 aliphatic heterocycles. The average Bonchev–Trinajstić information content (AvgIpc) is 2.82. The number of aliphatic hydroxyl groups is 4. The van der Waals surface area contributed by atoms with Gasteiger partial charge in [0, 0.05) is 16.7 Å². The number of carbonyl (C=O) groups excluding carboxylic acids is 2. The van der Waals surface area contributed by atoms with Gasteiger partial charge in [0.15, 0.2) is 23.1 Å². The van der Waals surface area contributed by atoms with Crippen molar-refractivity contribution in [3.63, 3.8) is 0 Å². The van der Waals surface area contributed by atoms with Crippen molar-refractivity contribution in [3.8, 4) is 17.2 Å². The lowest BCUT2D eigenvalue weighted by molar-refractivity contribution is -0.277. The number of rotatable bonds is 5. The minimum atomic E-state index is -1.62. The molecule has 1 heterocycles. The number of aliphatic hydroxyl groups excluding tert-OH is 4. The van der Waals surface area contributed by atoms with Gasteiger partial charge < -0.3 is 39.4 Å². The Kier molecular flexibility index (Phi) is 6.12. The fraction of sp³-hybridized carbons (Fsp3) is 0.391. The second-order valence-corrected chi connectivity index (χ2v) is 7.86. The summed E-state index contributed by atoms with van der Waals surface area (Å²) < 4.78 is 21.7. The van der Waals surface area contributed by atoms with Crippen LogP contribution in [0.15, 0.2) is 24.3 Å². The molecule has 5 atom stereocenters. The van der Waals surface area contributed by atoms with E-state index < -0.39 is 43.1 Å². The number of fused-ring (bicyclic) bond motifs is 2. The molecular formula is C23H24O10. The van der Waals surface area contributed by atoms with Gasteiger partial charge in [-0.15, -0.1) is 0 Å². The lowest BCUT2D eigenvalue weighted by atomic mass is 9.82. The largest absolute Gasteiger partial charge is 0.493 e. The van der Waals surface area contributed by atoms with Crippen LogP contribution in [0, 0.1) is 6.92 Å². The number of carbonyl (C=O) groups is 2. The standard InChI is InChI=1S/C23H24O10/c1-9-6-11-12(7-14(9)32-23-21(29)20(28)19(27)15(8-24)33-23)18(26)16-10(17(11)25)4-5-13(30-2)22(16)31-3/h4-7,15,19-21,23-24,27-29H,8H2,1-3H3/t15-,19-,20+,21-,23-/m1/s1. The molecular weight excluding hydrogens is 436 g/mol. The Balaban J connectivity index is 1.74. The number of hydrogen-bond donors (Lipinski definition) is 4. The van der Waals surface area contributed by atoms with Crippen molar-refractivity contribution in [2.75, 3.05) is 20.8 Å². The van der Waals surface area contributed by atoms with Crippen LogP contribution in [0.3, 0.4) is 0 Å². The second kappa shape index (κ2) is 8.73. The van der Waals surface area contributed by atoms with E-state index in [1.54, 1.807) is 13.0 Å². The maximum Gasteiger partial charge on any atom is 0.229 e. The number of ketones is 2.